The number of rotatable bonds is 20. The zero-order chi connectivity index (χ0) is 35.5. The smallest absolute Gasteiger partial charge is 0.308 e. The molecule has 0 saturated heterocycles. The number of nitrogens with zero attached hydrogens (tertiary/aromatic N) is 5. The minimum Gasteiger partial charge on any atom is -0.748 e. The summed E-state index contributed by atoms with van der Waals surface area (Å²) in [4.78, 5) is 42.5. The molecule has 2 aromatic rings. The molecule has 0 bridgehead atoms. The molecule has 266 valence electrons. The normalized spacial score (nSPS) is 14.1. The van der Waals surface area contributed by atoms with Gasteiger partial charge < -0.3 is 24.4 Å². The first kappa shape index (κ1) is 39.8. The molecular weight excluding hydrogens is 656 g/mol. The molecule has 2 rings (SSSR count). The number of nitrogens with one attached hydrogen (secondary N) is 1. The lowest BCUT2D eigenvalue weighted by molar-refractivity contribution is -0.150. The molecule has 2 amide bonds. The van der Waals surface area contributed by atoms with Crippen LogP contribution in [0.2, 0.25) is 0 Å². The predicted molar refractivity (Wildman–Crippen MR) is 173 cm³/mol. The maximum atomic E-state index is 13.4. The van der Waals surface area contributed by atoms with Crippen molar-refractivity contribution in [2.45, 2.75) is 57.8 Å². The van der Waals surface area contributed by atoms with Crippen molar-refractivity contribution in [3.05, 3.63) is 12.1 Å². The van der Waals surface area contributed by atoms with Crippen molar-refractivity contribution in [2.24, 2.45) is 17.8 Å². The van der Waals surface area contributed by atoms with Crippen LogP contribution in [0.15, 0.2) is 21.7 Å². The monoisotopic (exact) mass is 703 g/mol. The number of hydrogen-bond donors (Lipinski definition) is 1. The molecule has 0 aliphatic heterocycles. The van der Waals surface area contributed by atoms with E-state index in [-0.39, 0.29) is 60.2 Å². The number of sulfonamides is 1. The van der Waals surface area contributed by atoms with E-state index in [0.29, 0.717) is 25.2 Å². The first-order chi connectivity index (χ1) is 21.9. The Kier molecular flexibility index (Phi) is 15.0. The molecule has 0 spiro atoms. The van der Waals surface area contributed by atoms with Crippen LogP contribution >= 0.6 is 0 Å². The molecule has 1 N–H and O–H groups in total. The fourth-order valence-electron chi connectivity index (χ4n) is 4.99. The SMILES string of the molecule is CCCNC(=O)C(CC)CC(CC(C)C(=O)N(C)CCN(C)c1ccc(S(=O)(=O)N(C)C)c2nonc12)C(=O)OCCCS(=O)(=O)[O-]. The Bertz CT molecular complexity index is 1580. The van der Waals surface area contributed by atoms with Gasteiger partial charge in [0.05, 0.1) is 28.3 Å². The van der Waals surface area contributed by atoms with E-state index in [1.807, 2.05) is 13.8 Å². The minimum atomic E-state index is -4.46. The summed E-state index contributed by atoms with van der Waals surface area (Å²) in [6.07, 6.45) is 1.26. The summed E-state index contributed by atoms with van der Waals surface area (Å²) in [5, 5.41) is 10.5. The van der Waals surface area contributed by atoms with Gasteiger partial charge in [0.1, 0.15) is 4.90 Å². The van der Waals surface area contributed by atoms with Crippen LogP contribution in [0, 0.1) is 17.8 Å². The van der Waals surface area contributed by atoms with E-state index in [9.17, 15) is 35.8 Å². The van der Waals surface area contributed by atoms with Crippen molar-refractivity contribution in [2.75, 3.05) is 65.1 Å². The van der Waals surface area contributed by atoms with Gasteiger partial charge in [-0.3, -0.25) is 14.4 Å². The molecule has 18 heteroatoms. The molecule has 0 aliphatic carbocycles. The maximum Gasteiger partial charge on any atom is 0.308 e. The number of anilines is 1. The number of fused-ring (bicyclic) bond motifs is 1. The lowest BCUT2D eigenvalue weighted by atomic mass is 9.85. The third-order valence-electron chi connectivity index (χ3n) is 7.83. The molecule has 0 saturated carbocycles. The Labute approximate surface area is 276 Å². The molecule has 16 nitrogen and oxygen atoms in total. The highest BCUT2D eigenvalue weighted by molar-refractivity contribution is 7.89. The van der Waals surface area contributed by atoms with E-state index in [4.69, 9.17) is 9.37 Å². The zero-order valence-corrected chi connectivity index (χ0v) is 29.7. The van der Waals surface area contributed by atoms with E-state index in [0.717, 1.165) is 10.7 Å². The summed E-state index contributed by atoms with van der Waals surface area (Å²) in [5.74, 6) is -3.75. The van der Waals surface area contributed by atoms with Gasteiger partial charge in [0.25, 0.3) is 0 Å². The Balaban J connectivity index is 2.13. The molecule has 3 unspecified atom stereocenters. The second kappa shape index (κ2) is 17.7. The number of hydrogen-bond acceptors (Lipinski definition) is 13. The molecule has 1 heterocycles. The third-order valence-corrected chi connectivity index (χ3v) is 10.5. The Morgan fingerprint density at radius 1 is 0.979 bits per heavy atom. The number of carbonyl (C=O) groups excluding carboxylic acids is 3. The Hall–Kier alpha value is -3.35. The van der Waals surface area contributed by atoms with Gasteiger partial charge in [-0.2, -0.15) is 0 Å². The number of amides is 2. The van der Waals surface area contributed by atoms with E-state index in [1.54, 1.807) is 32.0 Å². The fraction of sp³-hybridized carbons (Fsp3) is 0.690. The Morgan fingerprint density at radius 3 is 2.23 bits per heavy atom. The van der Waals surface area contributed by atoms with Crippen LogP contribution in [0.4, 0.5) is 5.69 Å². The van der Waals surface area contributed by atoms with Crippen molar-refractivity contribution in [1.29, 1.82) is 0 Å². The van der Waals surface area contributed by atoms with Gasteiger partial charge in [-0.25, -0.2) is 25.8 Å². The fourth-order valence-corrected chi connectivity index (χ4v) is 6.47. The molecular formula is C29H47N6O10S2-. The second-order valence-electron chi connectivity index (χ2n) is 11.8. The minimum absolute atomic E-state index is 0.0475. The zero-order valence-electron chi connectivity index (χ0n) is 28.1. The number of carbonyl (C=O) groups is 3. The summed E-state index contributed by atoms with van der Waals surface area (Å²) in [6.45, 7) is 6.24. The average Bonchev–Trinajstić information content (AvgIpc) is 3.50. The van der Waals surface area contributed by atoms with Crippen LogP contribution in [0.3, 0.4) is 0 Å². The van der Waals surface area contributed by atoms with E-state index in [1.165, 1.54) is 25.1 Å². The predicted octanol–water partition coefficient (Wildman–Crippen LogP) is 1.43. The third kappa shape index (κ3) is 11.4. The summed E-state index contributed by atoms with van der Waals surface area (Å²) in [6, 6.07) is 3.02. The van der Waals surface area contributed by atoms with E-state index >= 15 is 0 Å². The number of ether oxygens (including phenoxy) is 1. The first-order valence-corrected chi connectivity index (χ1v) is 18.5. The van der Waals surface area contributed by atoms with E-state index < -0.39 is 49.6 Å². The summed E-state index contributed by atoms with van der Waals surface area (Å²) < 4.78 is 69.4. The molecule has 0 fully saturated rings. The summed E-state index contributed by atoms with van der Waals surface area (Å²) >= 11 is 0. The van der Waals surface area contributed by atoms with Gasteiger partial charge in [-0.05, 0) is 54.6 Å². The molecule has 1 aromatic carbocycles. The van der Waals surface area contributed by atoms with Gasteiger partial charge in [0.2, 0.25) is 21.8 Å². The lowest BCUT2D eigenvalue weighted by Gasteiger charge is -2.28. The highest BCUT2D eigenvalue weighted by atomic mass is 32.2. The molecule has 0 radical (unpaired) electrons. The van der Waals surface area contributed by atoms with Crippen molar-refractivity contribution < 1.29 is 45.1 Å². The quantitative estimate of drug-likeness (QED) is 0.118. The largest absolute Gasteiger partial charge is 0.748 e. The summed E-state index contributed by atoms with van der Waals surface area (Å²) in [5.41, 5.74) is 0.885. The van der Waals surface area contributed by atoms with Crippen LogP contribution in [0.5, 0.6) is 0 Å². The number of likely N-dealkylation sites (N-methyl/N-ethyl adjacent to an activating group) is 2. The van der Waals surface area contributed by atoms with Crippen LogP contribution in [-0.4, -0.2) is 119 Å². The van der Waals surface area contributed by atoms with Crippen molar-refractivity contribution in [3.63, 3.8) is 0 Å². The van der Waals surface area contributed by atoms with Gasteiger partial charge in [0, 0.05) is 65.4 Å². The van der Waals surface area contributed by atoms with Gasteiger partial charge in [-0.1, -0.05) is 20.8 Å². The first-order valence-electron chi connectivity index (χ1n) is 15.5. The standard InChI is InChI=1S/C29H48N6O10S2/c1-8-13-30-27(36)21(9-2)19-22(29(38)44-16-10-17-46(39,40)41)18-20(3)28(37)35(7)15-14-34(6)23-11-12-24(47(42,43)33(4)5)26-25(23)31-45-32-26/h11-12,20-22H,8-10,13-19H2,1-7H3,(H,30,36)(H,39,40,41)/p-1. The highest BCUT2D eigenvalue weighted by Gasteiger charge is 2.32. The summed E-state index contributed by atoms with van der Waals surface area (Å²) in [7, 11) is -2.07. The lowest BCUT2D eigenvalue weighted by Crippen LogP contribution is -2.39. The van der Waals surface area contributed by atoms with Crippen LogP contribution in [0.25, 0.3) is 11.0 Å². The second-order valence-corrected chi connectivity index (χ2v) is 15.4. The Morgan fingerprint density at radius 2 is 1.64 bits per heavy atom. The van der Waals surface area contributed by atoms with E-state index in [2.05, 4.69) is 15.6 Å². The van der Waals surface area contributed by atoms with Crippen molar-refractivity contribution in [1.82, 2.24) is 24.8 Å². The van der Waals surface area contributed by atoms with Crippen molar-refractivity contribution in [3.8, 4) is 0 Å². The number of benzene rings is 1. The number of esters is 1. The van der Waals surface area contributed by atoms with Gasteiger partial charge in [-0.15, -0.1) is 0 Å². The van der Waals surface area contributed by atoms with Crippen LogP contribution in [0.1, 0.15) is 52.9 Å². The average molecular weight is 704 g/mol. The van der Waals surface area contributed by atoms with Crippen LogP contribution < -0.4 is 10.2 Å². The maximum absolute atomic E-state index is 13.4. The molecule has 47 heavy (non-hydrogen) atoms. The van der Waals surface area contributed by atoms with Crippen molar-refractivity contribution >= 4 is 54.6 Å². The van der Waals surface area contributed by atoms with Gasteiger partial charge >= 0.3 is 5.97 Å². The topological polar surface area (TPSA) is 212 Å². The molecule has 3 atom stereocenters. The van der Waals surface area contributed by atoms with Crippen LogP contribution in [-0.2, 0) is 39.3 Å². The highest BCUT2D eigenvalue weighted by Crippen LogP contribution is 2.30. The molecule has 0 aliphatic rings. The molecule has 1 aromatic heterocycles. The van der Waals surface area contributed by atoms with Gasteiger partial charge in [0.15, 0.2) is 11.0 Å². The number of aromatic nitrogens is 2.